The van der Waals surface area contributed by atoms with Crippen molar-refractivity contribution in [3.8, 4) is 23.0 Å². The fourth-order valence-corrected chi connectivity index (χ4v) is 4.29. The monoisotopic (exact) mass is 455 g/mol. The third-order valence-electron chi connectivity index (χ3n) is 6.13. The Hall–Kier alpha value is -4.19. The summed E-state index contributed by atoms with van der Waals surface area (Å²) in [5, 5.41) is 0.985. The second kappa shape index (κ2) is 8.63. The first-order chi connectivity index (χ1) is 16.5. The molecule has 0 N–H and O–H groups in total. The van der Waals surface area contributed by atoms with E-state index in [0.717, 1.165) is 39.1 Å². The van der Waals surface area contributed by atoms with E-state index in [2.05, 4.69) is 0 Å². The molecule has 2 heterocycles. The lowest BCUT2D eigenvalue weighted by Gasteiger charge is -2.13. The lowest BCUT2D eigenvalue weighted by Crippen LogP contribution is -2.00. The number of ketones is 1. The zero-order valence-corrected chi connectivity index (χ0v) is 19.5. The number of Topliss-reactive ketones (excluding diaryl/α,β-unsaturated/α-hetero) is 1. The van der Waals surface area contributed by atoms with Crippen LogP contribution in [0.2, 0.25) is 0 Å². The predicted molar refractivity (Wildman–Crippen MR) is 131 cm³/mol. The Morgan fingerprint density at radius 3 is 2.62 bits per heavy atom. The van der Waals surface area contributed by atoms with Crippen LogP contribution in [0.4, 0.5) is 0 Å². The second-order valence-corrected chi connectivity index (χ2v) is 8.18. The number of hydrogen-bond acceptors (Lipinski definition) is 5. The molecule has 0 spiro atoms. The first kappa shape index (κ1) is 21.6. The summed E-state index contributed by atoms with van der Waals surface area (Å²) >= 11 is 0. The van der Waals surface area contributed by atoms with Crippen molar-refractivity contribution in [1.82, 2.24) is 4.57 Å². The number of methoxy groups -OCH3 is 2. The minimum atomic E-state index is -0.144. The van der Waals surface area contributed by atoms with Crippen LogP contribution < -0.4 is 18.9 Å². The van der Waals surface area contributed by atoms with E-state index < -0.39 is 0 Å². The molecule has 6 heteroatoms. The number of carbonyl (C=O) groups excluding carboxylic acids is 1. The zero-order valence-electron chi connectivity index (χ0n) is 19.5. The molecule has 172 valence electrons. The minimum Gasteiger partial charge on any atom is -0.497 e. The van der Waals surface area contributed by atoms with Crippen LogP contribution in [0.15, 0.2) is 66.6 Å². The van der Waals surface area contributed by atoms with Crippen LogP contribution >= 0.6 is 0 Å². The van der Waals surface area contributed by atoms with E-state index in [4.69, 9.17) is 18.9 Å². The van der Waals surface area contributed by atoms with Gasteiger partial charge in [-0.2, -0.15) is 0 Å². The topological polar surface area (TPSA) is 58.9 Å². The van der Waals surface area contributed by atoms with Gasteiger partial charge in [0.1, 0.15) is 29.6 Å². The molecule has 1 aliphatic rings. The van der Waals surface area contributed by atoms with Gasteiger partial charge in [0.15, 0.2) is 5.76 Å². The number of carbonyl (C=O) groups is 1. The van der Waals surface area contributed by atoms with Crippen molar-refractivity contribution >= 4 is 22.8 Å². The van der Waals surface area contributed by atoms with E-state index in [-0.39, 0.29) is 11.5 Å². The van der Waals surface area contributed by atoms with Crippen molar-refractivity contribution in [2.75, 3.05) is 14.2 Å². The fourth-order valence-electron chi connectivity index (χ4n) is 4.29. The Morgan fingerprint density at radius 1 is 1.00 bits per heavy atom. The van der Waals surface area contributed by atoms with Gasteiger partial charge >= 0.3 is 0 Å². The summed E-state index contributed by atoms with van der Waals surface area (Å²) in [5.41, 5.74) is 4.18. The van der Waals surface area contributed by atoms with Gasteiger partial charge in [-0.1, -0.05) is 18.2 Å². The van der Waals surface area contributed by atoms with Gasteiger partial charge in [0, 0.05) is 40.8 Å². The Labute approximate surface area is 197 Å². The molecule has 0 fully saturated rings. The van der Waals surface area contributed by atoms with E-state index in [9.17, 15) is 4.79 Å². The maximum Gasteiger partial charge on any atom is 0.231 e. The van der Waals surface area contributed by atoms with Crippen molar-refractivity contribution in [1.29, 1.82) is 0 Å². The highest BCUT2D eigenvalue weighted by molar-refractivity contribution is 6.15. The maximum absolute atomic E-state index is 13.1. The van der Waals surface area contributed by atoms with Gasteiger partial charge in [-0.25, -0.2) is 0 Å². The molecule has 0 saturated heterocycles. The number of ether oxygens (including phenoxy) is 4. The lowest BCUT2D eigenvalue weighted by molar-refractivity contribution is 0.101. The molecule has 0 unspecified atom stereocenters. The largest absolute Gasteiger partial charge is 0.497 e. The fraction of sp³-hybridized carbons (Fsp3) is 0.179. The summed E-state index contributed by atoms with van der Waals surface area (Å²) in [6.07, 6.45) is 3.77. The molecule has 4 aromatic rings. The number of aryl methyl sites for hydroxylation is 1. The first-order valence-corrected chi connectivity index (χ1v) is 11.0. The summed E-state index contributed by atoms with van der Waals surface area (Å²) in [6.45, 7) is 2.24. The van der Waals surface area contributed by atoms with Gasteiger partial charge in [-0.3, -0.25) is 4.79 Å². The van der Waals surface area contributed by atoms with E-state index in [0.29, 0.717) is 23.7 Å². The Bertz CT molecular complexity index is 1450. The molecule has 1 aliphatic heterocycles. The van der Waals surface area contributed by atoms with Gasteiger partial charge in [0.2, 0.25) is 5.78 Å². The number of para-hydroxylation sites is 1. The quantitative estimate of drug-likeness (QED) is 0.349. The first-order valence-electron chi connectivity index (χ1n) is 11.0. The van der Waals surface area contributed by atoms with E-state index >= 15 is 0 Å². The molecule has 5 rings (SSSR count). The van der Waals surface area contributed by atoms with Crippen LogP contribution in [0.5, 0.6) is 23.0 Å². The van der Waals surface area contributed by atoms with Gasteiger partial charge in [-0.15, -0.1) is 0 Å². The molecule has 0 saturated carbocycles. The Kier molecular flexibility index (Phi) is 5.49. The average Bonchev–Trinajstić information content (AvgIpc) is 3.35. The van der Waals surface area contributed by atoms with E-state index in [1.807, 2.05) is 73.3 Å². The molecule has 1 aromatic heterocycles. The Morgan fingerprint density at radius 2 is 1.82 bits per heavy atom. The number of nitrogens with zero attached hydrogens (tertiary/aromatic N) is 1. The third kappa shape index (κ3) is 3.67. The number of fused-ring (bicyclic) bond motifs is 2. The molecule has 3 aromatic carbocycles. The lowest BCUT2D eigenvalue weighted by atomic mass is 10.1. The number of allylic oxidation sites excluding steroid dienone is 1. The van der Waals surface area contributed by atoms with Crippen molar-refractivity contribution in [3.63, 3.8) is 0 Å². The van der Waals surface area contributed by atoms with Gasteiger partial charge < -0.3 is 23.5 Å². The normalized spacial score (nSPS) is 13.8. The summed E-state index contributed by atoms with van der Waals surface area (Å²) in [7, 11) is 5.25. The average molecular weight is 456 g/mol. The van der Waals surface area contributed by atoms with Crippen molar-refractivity contribution < 1.29 is 23.7 Å². The standard InChI is InChI=1S/C28H25NO5/c1-17-24(33-16-18-7-5-6-8-25(18)32-4)12-10-21-27(30)26(34-28(17)21)13-19-15-29(2)23-11-9-20(31-3)14-22(19)23/h5-15H,16H2,1-4H3. The van der Waals surface area contributed by atoms with Crippen LogP contribution in [-0.4, -0.2) is 24.6 Å². The Balaban J connectivity index is 1.44. The highest BCUT2D eigenvalue weighted by Gasteiger charge is 2.30. The van der Waals surface area contributed by atoms with Crippen LogP contribution in [0.1, 0.15) is 27.0 Å². The molecule has 34 heavy (non-hydrogen) atoms. The van der Waals surface area contributed by atoms with Crippen LogP contribution in [-0.2, 0) is 13.7 Å². The molecule has 6 nitrogen and oxygen atoms in total. The number of rotatable bonds is 6. The van der Waals surface area contributed by atoms with Gasteiger partial charge in [0.25, 0.3) is 0 Å². The smallest absolute Gasteiger partial charge is 0.231 e. The van der Waals surface area contributed by atoms with Crippen molar-refractivity contribution in [2.45, 2.75) is 13.5 Å². The molecular formula is C28H25NO5. The molecule has 0 radical (unpaired) electrons. The van der Waals surface area contributed by atoms with E-state index in [1.54, 1.807) is 26.4 Å². The van der Waals surface area contributed by atoms with Gasteiger partial charge in [-0.05, 0) is 49.4 Å². The van der Waals surface area contributed by atoms with Crippen LogP contribution in [0, 0.1) is 6.92 Å². The van der Waals surface area contributed by atoms with E-state index in [1.165, 1.54) is 0 Å². The summed E-state index contributed by atoms with van der Waals surface area (Å²) in [5.74, 6) is 2.86. The predicted octanol–water partition coefficient (Wildman–Crippen LogP) is 5.70. The molecule has 0 amide bonds. The highest BCUT2D eigenvalue weighted by Crippen LogP contribution is 2.40. The SMILES string of the molecule is COc1ccc2c(c1)c(C=C1Oc3c(ccc(OCc4ccccc4OC)c3C)C1=O)cn2C. The summed E-state index contributed by atoms with van der Waals surface area (Å²) in [6, 6.07) is 17.2. The minimum absolute atomic E-state index is 0.144. The summed E-state index contributed by atoms with van der Waals surface area (Å²) in [4.78, 5) is 13.1. The van der Waals surface area contributed by atoms with Crippen LogP contribution in [0.3, 0.4) is 0 Å². The zero-order chi connectivity index (χ0) is 23.8. The molecular weight excluding hydrogens is 430 g/mol. The number of hydrogen-bond donors (Lipinski definition) is 0. The number of benzene rings is 3. The van der Waals surface area contributed by atoms with Crippen molar-refractivity contribution in [3.05, 3.63) is 88.8 Å². The molecule has 0 aliphatic carbocycles. The summed E-state index contributed by atoms with van der Waals surface area (Å²) < 4.78 is 24.9. The molecule has 0 atom stereocenters. The van der Waals surface area contributed by atoms with Crippen molar-refractivity contribution in [2.24, 2.45) is 7.05 Å². The third-order valence-corrected chi connectivity index (χ3v) is 6.13. The molecule has 0 bridgehead atoms. The maximum atomic E-state index is 13.1. The number of aromatic nitrogens is 1. The van der Waals surface area contributed by atoms with Gasteiger partial charge in [0.05, 0.1) is 19.8 Å². The second-order valence-electron chi connectivity index (χ2n) is 8.18. The van der Waals surface area contributed by atoms with Crippen LogP contribution in [0.25, 0.3) is 17.0 Å². The highest BCUT2D eigenvalue weighted by atomic mass is 16.5.